The lowest BCUT2D eigenvalue weighted by Crippen LogP contribution is -2.26. The largest absolute Gasteiger partial charge is 0.508 e. The van der Waals surface area contributed by atoms with Crippen molar-refractivity contribution in [3.63, 3.8) is 0 Å². The summed E-state index contributed by atoms with van der Waals surface area (Å²) in [6.45, 7) is 3.16. The van der Waals surface area contributed by atoms with E-state index in [0.29, 0.717) is 5.75 Å². The molecule has 0 aromatic heterocycles. The molecule has 0 radical (unpaired) electrons. The Kier molecular flexibility index (Phi) is 5.97. The SMILES string of the molecule is O=S(=O)(O)O.Oc1ccc(CN2CC=CCC2)cc1. The smallest absolute Gasteiger partial charge is 0.394 e. The number of hydrogen-bond donors (Lipinski definition) is 3. The third-order valence-electron chi connectivity index (χ3n) is 2.48. The number of phenols is 1. The Morgan fingerprint density at radius 2 is 1.68 bits per heavy atom. The number of hydrogen-bond acceptors (Lipinski definition) is 4. The Balaban J connectivity index is 0.000000312. The van der Waals surface area contributed by atoms with E-state index in [-0.39, 0.29) is 0 Å². The van der Waals surface area contributed by atoms with E-state index < -0.39 is 10.4 Å². The normalized spacial score (nSPS) is 15.7. The summed E-state index contributed by atoms with van der Waals surface area (Å²) in [6.07, 6.45) is 5.59. The number of rotatable bonds is 2. The van der Waals surface area contributed by atoms with Crippen molar-refractivity contribution >= 4 is 10.4 Å². The maximum atomic E-state index is 9.14. The van der Waals surface area contributed by atoms with Crippen LogP contribution in [0, 0.1) is 0 Å². The summed E-state index contributed by atoms with van der Waals surface area (Å²) in [5.41, 5.74) is 1.26. The summed E-state index contributed by atoms with van der Waals surface area (Å²) in [7, 11) is -4.67. The van der Waals surface area contributed by atoms with Crippen LogP contribution in [0.25, 0.3) is 0 Å². The van der Waals surface area contributed by atoms with Gasteiger partial charge in [0.05, 0.1) is 0 Å². The Morgan fingerprint density at radius 3 is 2.16 bits per heavy atom. The molecule has 0 bridgehead atoms. The average molecular weight is 287 g/mol. The fourth-order valence-corrected chi connectivity index (χ4v) is 1.69. The van der Waals surface area contributed by atoms with Crippen LogP contribution < -0.4 is 0 Å². The summed E-state index contributed by atoms with van der Waals surface area (Å²) in [5.74, 6) is 0.340. The van der Waals surface area contributed by atoms with Gasteiger partial charge in [-0.1, -0.05) is 24.3 Å². The standard InChI is InChI=1S/C12H15NO.H2O4S/c14-12-6-4-11(5-7-12)10-13-8-2-1-3-9-13;1-5(2,3)4/h1-2,4-7,14H,3,8-10H2;(H2,1,2,3,4). The van der Waals surface area contributed by atoms with Crippen molar-refractivity contribution in [2.75, 3.05) is 13.1 Å². The molecule has 1 aromatic rings. The van der Waals surface area contributed by atoms with E-state index in [2.05, 4.69) is 17.1 Å². The second-order valence-corrected chi connectivity index (χ2v) is 5.01. The molecule has 7 heteroatoms. The van der Waals surface area contributed by atoms with Gasteiger partial charge in [0.2, 0.25) is 0 Å². The van der Waals surface area contributed by atoms with Crippen LogP contribution in [0.3, 0.4) is 0 Å². The summed E-state index contributed by atoms with van der Waals surface area (Å²) in [4.78, 5) is 2.40. The minimum Gasteiger partial charge on any atom is -0.508 e. The third kappa shape index (κ3) is 8.33. The molecule has 1 aliphatic rings. The Hall–Kier alpha value is -1.41. The zero-order valence-corrected chi connectivity index (χ0v) is 11.1. The van der Waals surface area contributed by atoms with E-state index in [9.17, 15) is 0 Å². The van der Waals surface area contributed by atoms with Crippen LogP contribution in [-0.4, -0.2) is 40.6 Å². The van der Waals surface area contributed by atoms with E-state index in [1.807, 2.05) is 12.1 Å². The van der Waals surface area contributed by atoms with Gasteiger partial charge in [0.1, 0.15) is 5.75 Å². The van der Waals surface area contributed by atoms with E-state index in [0.717, 1.165) is 26.1 Å². The first kappa shape index (κ1) is 15.6. The lowest BCUT2D eigenvalue weighted by atomic mass is 10.2. The highest BCUT2D eigenvalue weighted by Gasteiger charge is 2.06. The molecule has 6 nitrogen and oxygen atoms in total. The van der Waals surface area contributed by atoms with E-state index in [1.54, 1.807) is 12.1 Å². The van der Waals surface area contributed by atoms with Crippen molar-refractivity contribution in [1.82, 2.24) is 4.90 Å². The molecule has 3 N–H and O–H groups in total. The predicted octanol–water partition coefficient (Wildman–Crippen LogP) is 1.50. The molecule has 1 heterocycles. The monoisotopic (exact) mass is 287 g/mol. The molecular weight excluding hydrogens is 270 g/mol. The Labute approximate surface area is 112 Å². The maximum absolute atomic E-state index is 9.14. The van der Waals surface area contributed by atoms with Gasteiger partial charge in [-0.3, -0.25) is 14.0 Å². The second kappa shape index (κ2) is 7.25. The van der Waals surface area contributed by atoms with Crippen LogP contribution in [0.15, 0.2) is 36.4 Å². The molecule has 0 saturated heterocycles. The third-order valence-corrected chi connectivity index (χ3v) is 2.48. The van der Waals surface area contributed by atoms with Crippen LogP contribution in [0.2, 0.25) is 0 Å². The van der Waals surface area contributed by atoms with Crippen molar-refractivity contribution in [3.8, 4) is 5.75 Å². The van der Waals surface area contributed by atoms with E-state index in [1.165, 1.54) is 5.56 Å². The maximum Gasteiger partial charge on any atom is 0.394 e. The number of phenolic OH excluding ortho intramolecular Hbond substituents is 1. The molecule has 0 atom stereocenters. The topological polar surface area (TPSA) is 98.1 Å². The highest BCUT2D eigenvalue weighted by Crippen LogP contribution is 2.12. The van der Waals surface area contributed by atoms with Crippen LogP contribution >= 0.6 is 0 Å². The highest BCUT2D eigenvalue weighted by atomic mass is 32.3. The van der Waals surface area contributed by atoms with Crippen molar-refractivity contribution in [2.24, 2.45) is 0 Å². The molecule has 0 spiro atoms. The molecule has 1 aromatic carbocycles. The van der Waals surface area contributed by atoms with Gasteiger partial charge < -0.3 is 5.11 Å². The first-order valence-electron chi connectivity index (χ1n) is 5.70. The molecule has 106 valence electrons. The van der Waals surface area contributed by atoms with Crippen LogP contribution in [0.5, 0.6) is 5.75 Å². The molecule has 0 unspecified atom stereocenters. The highest BCUT2D eigenvalue weighted by molar-refractivity contribution is 7.79. The fourth-order valence-electron chi connectivity index (χ4n) is 1.69. The van der Waals surface area contributed by atoms with Gasteiger partial charge in [-0.25, -0.2) is 0 Å². The molecule has 0 amide bonds. The molecule has 1 aliphatic heterocycles. The molecule has 0 aliphatic carbocycles. The molecule has 0 fully saturated rings. The zero-order valence-electron chi connectivity index (χ0n) is 10.3. The van der Waals surface area contributed by atoms with Gasteiger partial charge in [-0.2, -0.15) is 8.42 Å². The summed E-state index contributed by atoms with van der Waals surface area (Å²) < 4.78 is 31.6. The van der Waals surface area contributed by atoms with Gasteiger partial charge in [0.25, 0.3) is 0 Å². The summed E-state index contributed by atoms with van der Waals surface area (Å²) >= 11 is 0. The predicted molar refractivity (Wildman–Crippen MR) is 71.3 cm³/mol. The number of aromatic hydroxyl groups is 1. The van der Waals surface area contributed by atoms with Crippen molar-refractivity contribution in [1.29, 1.82) is 0 Å². The van der Waals surface area contributed by atoms with Gasteiger partial charge in [0.15, 0.2) is 0 Å². The minimum absolute atomic E-state index is 0.340. The van der Waals surface area contributed by atoms with Crippen molar-refractivity contribution < 1.29 is 22.6 Å². The molecule has 0 saturated carbocycles. The second-order valence-electron chi connectivity index (χ2n) is 4.11. The Morgan fingerprint density at radius 1 is 1.11 bits per heavy atom. The average Bonchev–Trinajstić information content (AvgIpc) is 2.31. The fraction of sp³-hybridized carbons (Fsp3) is 0.333. The van der Waals surface area contributed by atoms with E-state index >= 15 is 0 Å². The van der Waals surface area contributed by atoms with Crippen molar-refractivity contribution in [3.05, 3.63) is 42.0 Å². The number of nitrogens with zero attached hydrogens (tertiary/aromatic N) is 1. The van der Waals surface area contributed by atoms with Gasteiger partial charge in [0, 0.05) is 19.6 Å². The van der Waals surface area contributed by atoms with Crippen molar-refractivity contribution in [2.45, 2.75) is 13.0 Å². The van der Waals surface area contributed by atoms with Gasteiger partial charge >= 0.3 is 10.4 Å². The molecule has 19 heavy (non-hydrogen) atoms. The lowest BCUT2D eigenvalue weighted by Gasteiger charge is -2.22. The summed E-state index contributed by atoms with van der Waals surface area (Å²) in [6, 6.07) is 7.45. The van der Waals surface area contributed by atoms with Gasteiger partial charge in [-0.05, 0) is 24.1 Å². The summed E-state index contributed by atoms with van der Waals surface area (Å²) in [5, 5.41) is 9.14. The first-order valence-corrected chi connectivity index (χ1v) is 7.09. The minimum atomic E-state index is -4.67. The van der Waals surface area contributed by atoms with E-state index in [4.69, 9.17) is 22.6 Å². The van der Waals surface area contributed by atoms with Gasteiger partial charge in [-0.15, -0.1) is 0 Å². The lowest BCUT2D eigenvalue weighted by molar-refractivity contribution is 0.290. The Bertz CT molecular complexity index is 501. The van der Waals surface area contributed by atoms with Crippen LogP contribution in [0.1, 0.15) is 12.0 Å². The number of benzene rings is 1. The quantitative estimate of drug-likeness (QED) is 0.563. The first-order chi connectivity index (χ1) is 8.84. The van der Waals surface area contributed by atoms with Crippen LogP contribution in [-0.2, 0) is 16.9 Å². The van der Waals surface area contributed by atoms with Crippen LogP contribution in [0.4, 0.5) is 0 Å². The zero-order chi connectivity index (χ0) is 14.3. The molecule has 2 rings (SSSR count). The molecular formula is C12H17NO5S.